The summed E-state index contributed by atoms with van der Waals surface area (Å²) in [6.07, 6.45) is 2.75. The SMILES string of the molecule is CCCOc1ccccn1.N. The molecular weight excluding hydrogens is 140 g/mol. The van der Waals surface area contributed by atoms with Crippen LogP contribution in [0.3, 0.4) is 0 Å². The summed E-state index contributed by atoms with van der Waals surface area (Å²) in [5, 5.41) is 0. The van der Waals surface area contributed by atoms with Gasteiger partial charge in [0.1, 0.15) is 0 Å². The molecule has 0 amide bonds. The molecule has 1 rings (SSSR count). The second-order valence-corrected chi connectivity index (χ2v) is 2.02. The third kappa shape index (κ3) is 3.57. The van der Waals surface area contributed by atoms with E-state index in [1.54, 1.807) is 6.20 Å². The minimum absolute atomic E-state index is 0. The zero-order valence-electron chi connectivity index (χ0n) is 6.79. The quantitative estimate of drug-likeness (QED) is 0.724. The van der Waals surface area contributed by atoms with Crippen LogP contribution in [0.25, 0.3) is 0 Å². The molecule has 0 saturated heterocycles. The lowest BCUT2D eigenvalue weighted by atomic mass is 10.5. The van der Waals surface area contributed by atoms with Crippen molar-refractivity contribution >= 4 is 0 Å². The van der Waals surface area contributed by atoms with E-state index >= 15 is 0 Å². The minimum atomic E-state index is 0. The maximum Gasteiger partial charge on any atom is 0.213 e. The number of hydrogen-bond donors (Lipinski definition) is 1. The lowest BCUT2D eigenvalue weighted by Crippen LogP contribution is -1.95. The average molecular weight is 154 g/mol. The lowest BCUT2D eigenvalue weighted by Gasteiger charge is -2.00. The number of rotatable bonds is 3. The fraction of sp³-hybridized carbons (Fsp3) is 0.375. The normalized spacial score (nSPS) is 8.45. The van der Waals surface area contributed by atoms with Gasteiger partial charge in [-0.3, -0.25) is 0 Å². The van der Waals surface area contributed by atoms with Gasteiger partial charge in [0, 0.05) is 12.3 Å². The van der Waals surface area contributed by atoms with Crippen LogP contribution >= 0.6 is 0 Å². The van der Waals surface area contributed by atoms with Crippen molar-refractivity contribution in [2.75, 3.05) is 6.61 Å². The van der Waals surface area contributed by atoms with Crippen LogP contribution in [0.15, 0.2) is 24.4 Å². The van der Waals surface area contributed by atoms with Crippen molar-refractivity contribution in [2.45, 2.75) is 13.3 Å². The molecule has 0 saturated carbocycles. The van der Waals surface area contributed by atoms with Gasteiger partial charge in [0.05, 0.1) is 6.61 Å². The lowest BCUT2D eigenvalue weighted by molar-refractivity contribution is 0.305. The molecule has 0 aliphatic heterocycles. The smallest absolute Gasteiger partial charge is 0.213 e. The molecule has 1 aromatic heterocycles. The van der Waals surface area contributed by atoms with Crippen molar-refractivity contribution in [3.63, 3.8) is 0 Å². The van der Waals surface area contributed by atoms with Crippen LogP contribution in [0, 0.1) is 0 Å². The highest BCUT2D eigenvalue weighted by molar-refractivity contribution is 5.08. The van der Waals surface area contributed by atoms with Crippen LogP contribution in [0.2, 0.25) is 0 Å². The summed E-state index contributed by atoms with van der Waals surface area (Å²) >= 11 is 0. The zero-order valence-corrected chi connectivity index (χ0v) is 6.79. The predicted molar refractivity (Wildman–Crippen MR) is 45.0 cm³/mol. The first kappa shape index (κ1) is 9.91. The first-order valence-electron chi connectivity index (χ1n) is 3.47. The van der Waals surface area contributed by atoms with E-state index in [0.29, 0.717) is 5.88 Å². The Balaban J connectivity index is 0.000001000. The van der Waals surface area contributed by atoms with Gasteiger partial charge in [-0.15, -0.1) is 0 Å². The molecule has 11 heavy (non-hydrogen) atoms. The Morgan fingerprint density at radius 3 is 2.82 bits per heavy atom. The minimum Gasteiger partial charge on any atom is -0.478 e. The van der Waals surface area contributed by atoms with E-state index in [1.165, 1.54) is 0 Å². The number of ether oxygens (including phenoxy) is 1. The Labute approximate surface area is 67.0 Å². The molecule has 0 fully saturated rings. The van der Waals surface area contributed by atoms with Crippen molar-refractivity contribution in [2.24, 2.45) is 0 Å². The summed E-state index contributed by atoms with van der Waals surface area (Å²) in [4.78, 5) is 3.99. The van der Waals surface area contributed by atoms with Crippen molar-refractivity contribution in [3.05, 3.63) is 24.4 Å². The maximum atomic E-state index is 5.24. The summed E-state index contributed by atoms with van der Waals surface area (Å²) in [6, 6.07) is 5.65. The molecule has 0 radical (unpaired) electrons. The van der Waals surface area contributed by atoms with Gasteiger partial charge in [0.25, 0.3) is 0 Å². The zero-order chi connectivity index (χ0) is 7.23. The Morgan fingerprint density at radius 1 is 1.45 bits per heavy atom. The summed E-state index contributed by atoms with van der Waals surface area (Å²) < 4.78 is 5.24. The molecule has 1 aromatic rings. The topological polar surface area (TPSA) is 57.1 Å². The van der Waals surface area contributed by atoms with Crippen molar-refractivity contribution in [1.82, 2.24) is 11.1 Å². The second-order valence-electron chi connectivity index (χ2n) is 2.02. The summed E-state index contributed by atoms with van der Waals surface area (Å²) in [6.45, 7) is 2.82. The highest BCUT2D eigenvalue weighted by Crippen LogP contribution is 2.02. The van der Waals surface area contributed by atoms with Crippen LogP contribution in [0.4, 0.5) is 0 Å². The second kappa shape index (κ2) is 5.68. The fourth-order valence-electron chi connectivity index (χ4n) is 0.639. The van der Waals surface area contributed by atoms with Crippen molar-refractivity contribution < 1.29 is 4.74 Å². The Bertz CT molecular complexity index is 177. The summed E-state index contributed by atoms with van der Waals surface area (Å²) in [7, 11) is 0. The Morgan fingerprint density at radius 2 is 2.27 bits per heavy atom. The van der Waals surface area contributed by atoms with Gasteiger partial charge in [0.15, 0.2) is 0 Å². The van der Waals surface area contributed by atoms with E-state index in [0.717, 1.165) is 13.0 Å². The third-order valence-corrected chi connectivity index (χ3v) is 1.09. The predicted octanol–water partition coefficient (Wildman–Crippen LogP) is 2.03. The number of nitrogens with zero attached hydrogens (tertiary/aromatic N) is 1. The standard InChI is InChI=1S/C8H11NO.H3N/c1-2-7-10-8-5-3-4-6-9-8;/h3-6H,2,7H2,1H3;1H3. The monoisotopic (exact) mass is 154 g/mol. The Hall–Kier alpha value is -1.09. The van der Waals surface area contributed by atoms with Crippen molar-refractivity contribution in [1.29, 1.82) is 0 Å². The molecule has 1 heterocycles. The van der Waals surface area contributed by atoms with E-state index in [4.69, 9.17) is 4.74 Å². The molecule has 0 bridgehead atoms. The van der Waals surface area contributed by atoms with Crippen LogP contribution in [0.5, 0.6) is 5.88 Å². The molecule has 0 spiro atoms. The molecule has 0 atom stereocenters. The Kier molecular flexibility index (Phi) is 5.11. The van der Waals surface area contributed by atoms with Crippen LogP contribution in [0.1, 0.15) is 13.3 Å². The summed E-state index contributed by atoms with van der Waals surface area (Å²) in [5.41, 5.74) is 0. The van der Waals surface area contributed by atoms with Gasteiger partial charge in [-0.05, 0) is 12.5 Å². The molecule has 3 nitrogen and oxygen atoms in total. The highest BCUT2D eigenvalue weighted by Gasteiger charge is 1.88. The van der Waals surface area contributed by atoms with Crippen LogP contribution < -0.4 is 10.9 Å². The number of pyridine rings is 1. The van der Waals surface area contributed by atoms with Gasteiger partial charge < -0.3 is 10.9 Å². The molecule has 0 unspecified atom stereocenters. The molecule has 3 heteroatoms. The molecule has 62 valence electrons. The van der Waals surface area contributed by atoms with Crippen LogP contribution in [-0.2, 0) is 0 Å². The number of hydrogen-bond acceptors (Lipinski definition) is 3. The molecule has 0 aliphatic carbocycles. The first-order valence-corrected chi connectivity index (χ1v) is 3.47. The van der Waals surface area contributed by atoms with Gasteiger partial charge in [-0.2, -0.15) is 0 Å². The first-order chi connectivity index (χ1) is 4.93. The highest BCUT2D eigenvalue weighted by atomic mass is 16.5. The van der Waals surface area contributed by atoms with Gasteiger partial charge in [-0.25, -0.2) is 4.98 Å². The summed E-state index contributed by atoms with van der Waals surface area (Å²) in [5.74, 6) is 0.712. The average Bonchev–Trinajstić information content (AvgIpc) is 2.03. The van der Waals surface area contributed by atoms with Gasteiger partial charge in [-0.1, -0.05) is 13.0 Å². The van der Waals surface area contributed by atoms with E-state index in [9.17, 15) is 0 Å². The van der Waals surface area contributed by atoms with E-state index in [1.807, 2.05) is 18.2 Å². The van der Waals surface area contributed by atoms with Gasteiger partial charge >= 0.3 is 0 Å². The fourth-order valence-corrected chi connectivity index (χ4v) is 0.639. The molecular formula is C8H14N2O. The maximum absolute atomic E-state index is 5.24. The molecule has 0 aromatic carbocycles. The van der Waals surface area contributed by atoms with E-state index < -0.39 is 0 Å². The third-order valence-electron chi connectivity index (χ3n) is 1.09. The van der Waals surface area contributed by atoms with E-state index in [2.05, 4.69) is 11.9 Å². The largest absolute Gasteiger partial charge is 0.478 e. The van der Waals surface area contributed by atoms with Gasteiger partial charge in [0.2, 0.25) is 5.88 Å². The molecule has 0 aliphatic rings. The van der Waals surface area contributed by atoms with Crippen molar-refractivity contribution in [3.8, 4) is 5.88 Å². The van der Waals surface area contributed by atoms with Crippen LogP contribution in [-0.4, -0.2) is 11.6 Å². The molecule has 3 N–H and O–H groups in total. The van der Waals surface area contributed by atoms with E-state index in [-0.39, 0.29) is 6.15 Å². The number of aromatic nitrogens is 1.